The van der Waals surface area contributed by atoms with Crippen molar-refractivity contribution in [2.75, 3.05) is 11.5 Å². The number of ether oxygens (including phenoxy) is 2. The van der Waals surface area contributed by atoms with E-state index in [1.807, 2.05) is 79.7 Å². The standard InChI is InChI=1S/C27H24N2O2/c1-2-27(19-3-11-23(12-4-19)30-25-15-7-21(28)8-16-25)20-5-13-24(14-6-20)31-26-17-9-22(29)10-18-26/h3-18,27H,28-29H2,1H3. The maximum absolute atomic E-state index is 5.89. The molecule has 0 aliphatic carbocycles. The number of hydrogen-bond donors (Lipinski definition) is 2. The predicted octanol–water partition coefficient (Wildman–Crippen LogP) is 6.67. The number of benzene rings is 4. The molecule has 4 nitrogen and oxygen atoms in total. The van der Waals surface area contributed by atoms with Gasteiger partial charge in [0.05, 0.1) is 0 Å². The van der Waals surface area contributed by atoms with E-state index in [0.29, 0.717) is 11.4 Å². The van der Waals surface area contributed by atoms with Gasteiger partial charge in [0.1, 0.15) is 23.0 Å². The summed E-state index contributed by atoms with van der Waals surface area (Å²) in [5, 5.41) is 0. The van der Waals surface area contributed by atoms with Crippen molar-refractivity contribution in [2.45, 2.75) is 12.8 Å². The zero-order valence-electron chi connectivity index (χ0n) is 17.3. The van der Waals surface area contributed by atoms with Crippen LogP contribution in [0.15, 0.2) is 97.1 Å². The summed E-state index contributed by atoms with van der Waals surface area (Å²) in [6.07, 6.45) is 3.38. The van der Waals surface area contributed by atoms with E-state index in [0.717, 1.165) is 34.1 Å². The largest absolute Gasteiger partial charge is 0.457 e. The predicted molar refractivity (Wildman–Crippen MR) is 126 cm³/mol. The summed E-state index contributed by atoms with van der Waals surface area (Å²) in [5.41, 5.74) is 15.1. The zero-order valence-corrected chi connectivity index (χ0v) is 17.3. The maximum Gasteiger partial charge on any atom is 0.127 e. The van der Waals surface area contributed by atoms with Crippen LogP contribution in [-0.2, 0) is 0 Å². The summed E-state index contributed by atoms with van der Waals surface area (Å²) in [5.74, 6) is 3.11. The van der Waals surface area contributed by atoms with E-state index >= 15 is 0 Å². The fourth-order valence-electron chi connectivity index (χ4n) is 3.33. The molecular weight excluding hydrogens is 384 g/mol. The molecule has 0 heterocycles. The topological polar surface area (TPSA) is 70.5 Å². The Morgan fingerprint density at radius 1 is 0.516 bits per heavy atom. The molecule has 0 aliphatic rings. The van der Waals surface area contributed by atoms with Crippen molar-refractivity contribution >= 4 is 11.4 Å². The van der Waals surface area contributed by atoms with Crippen LogP contribution in [0.4, 0.5) is 11.4 Å². The number of hydrogen-bond acceptors (Lipinski definition) is 4. The molecule has 4 rings (SSSR count). The smallest absolute Gasteiger partial charge is 0.127 e. The zero-order chi connectivity index (χ0) is 21.6. The third-order valence-corrected chi connectivity index (χ3v) is 4.95. The highest BCUT2D eigenvalue weighted by atomic mass is 16.5. The summed E-state index contributed by atoms with van der Waals surface area (Å²) in [6.45, 7) is 1.95. The Bertz CT molecular complexity index is 1010. The van der Waals surface area contributed by atoms with Gasteiger partial charge in [-0.2, -0.15) is 0 Å². The first-order valence-corrected chi connectivity index (χ1v) is 10.0. The van der Waals surface area contributed by atoms with Gasteiger partial charge in [0, 0.05) is 17.3 Å². The van der Waals surface area contributed by atoms with Crippen LogP contribution in [-0.4, -0.2) is 0 Å². The molecule has 154 valence electrons. The van der Waals surface area contributed by atoms with E-state index < -0.39 is 0 Å². The van der Waals surface area contributed by atoms with Gasteiger partial charge in [0.25, 0.3) is 0 Å². The van der Waals surface area contributed by atoms with E-state index in [1.165, 1.54) is 0 Å². The van der Waals surface area contributed by atoms with Crippen LogP contribution in [0, 0.1) is 6.42 Å². The Kier molecular flexibility index (Phi) is 6.08. The van der Waals surface area contributed by atoms with Gasteiger partial charge in [0.15, 0.2) is 0 Å². The van der Waals surface area contributed by atoms with E-state index in [4.69, 9.17) is 20.9 Å². The van der Waals surface area contributed by atoms with E-state index in [9.17, 15) is 0 Å². The Hall–Kier alpha value is -3.92. The molecule has 31 heavy (non-hydrogen) atoms. The second-order valence-electron chi connectivity index (χ2n) is 7.20. The van der Waals surface area contributed by atoms with Crippen molar-refractivity contribution in [1.82, 2.24) is 0 Å². The maximum atomic E-state index is 5.89. The lowest BCUT2D eigenvalue weighted by Crippen LogP contribution is -2.00. The average Bonchev–Trinajstić information content (AvgIpc) is 2.80. The fraction of sp³-hybridized carbons (Fsp3) is 0.0741. The van der Waals surface area contributed by atoms with Crippen molar-refractivity contribution in [1.29, 1.82) is 0 Å². The van der Waals surface area contributed by atoms with Gasteiger partial charge in [-0.1, -0.05) is 31.2 Å². The Balaban J connectivity index is 1.45. The normalized spacial score (nSPS) is 10.8. The Morgan fingerprint density at radius 3 is 1.10 bits per heavy atom. The molecule has 0 bridgehead atoms. The lowest BCUT2D eigenvalue weighted by Gasteiger charge is -2.17. The van der Waals surface area contributed by atoms with Crippen LogP contribution >= 0.6 is 0 Å². The van der Waals surface area contributed by atoms with Gasteiger partial charge in [-0.05, 0) is 90.3 Å². The van der Waals surface area contributed by atoms with Crippen LogP contribution in [0.5, 0.6) is 23.0 Å². The lowest BCUT2D eigenvalue weighted by molar-refractivity contribution is 0.482. The van der Waals surface area contributed by atoms with Crippen LogP contribution in [0.1, 0.15) is 24.0 Å². The number of rotatable bonds is 7. The molecule has 0 atom stereocenters. The molecule has 0 amide bonds. The van der Waals surface area contributed by atoms with Gasteiger partial charge >= 0.3 is 0 Å². The van der Waals surface area contributed by atoms with E-state index in [2.05, 4.69) is 30.7 Å². The molecule has 0 aliphatic heterocycles. The van der Waals surface area contributed by atoms with Crippen LogP contribution in [0.2, 0.25) is 0 Å². The highest BCUT2D eigenvalue weighted by Gasteiger charge is 2.13. The van der Waals surface area contributed by atoms with Crippen molar-refractivity contribution in [3.8, 4) is 23.0 Å². The second-order valence-corrected chi connectivity index (χ2v) is 7.20. The molecule has 0 aromatic heterocycles. The van der Waals surface area contributed by atoms with E-state index in [-0.39, 0.29) is 5.92 Å². The fourth-order valence-corrected chi connectivity index (χ4v) is 3.33. The summed E-state index contributed by atoms with van der Waals surface area (Å²) in [4.78, 5) is 0. The van der Waals surface area contributed by atoms with Gasteiger partial charge in [-0.15, -0.1) is 0 Å². The number of nitrogens with two attached hydrogens (primary N) is 2. The Labute approximate surface area is 183 Å². The summed E-state index contributed by atoms with van der Waals surface area (Å²) in [7, 11) is 0. The highest BCUT2D eigenvalue weighted by Crippen LogP contribution is 2.32. The van der Waals surface area contributed by atoms with Crippen molar-refractivity contribution in [3.63, 3.8) is 0 Å². The van der Waals surface area contributed by atoms with Gasteiger partial charge in [-0.3, -0.25) is 0 Å². The molecule has 0 saturated carbocycles. The van der Waals surface area contributed by atoms with E-state index in [1.54, 1.807) is 0 Å². The summed E-state index contributed by atoms with van der Waals surface area (Å²) < 4.78 is 11.8. The molecule has 4 heteroatoms. The molecule has 2 radical (unpaired) electrons. The molecular formula is C27H24N2O2. The Morgan fingerprint density at radius 2 is 0.806 bits per heavy atom. The van der Waals surface area contributed by atoms with Crippen LogP contribution in [0.25, 0.3) is 0 Å². The van der Waals surface area contributed by atoms with Gasteiger partial charge in [-0.25, -0.2) is 0 Å². The molecule has 0 saturated heterocycles. The summed E-state index contributed by atoms with van der Waals surface area (Å²) in [6, 6.07) is 30.8. The first kappa shape index (κ1) is 20.4. The molecule has 0 unspecified atom stereocenters. The quantitative estimate of drug-likeness (QED) is 0.335. The second kappa shape index (κ2) is 9.26. The highest BCUT2D eigenvalue weighted by molar-refractivity contribution is 5.46. The monoisotopic (exact) mass is 408 g/mol. The number of anilines is 2. The van der Waals surface area contributed by atoms with Crippen LogP contribution < -0.4 is 20.9 Å². The van der Waals surface area contributed by atoms with Crippen molar-refractivity contribution in [3.05, 3.63) is 115 Å². The first-order chi connectivity index (χ1) is 15.1. The third-order valence-electron chi connectivity index (χ3n) is 4.95. The molecule has 4 N–H and O–H groups in total. The molecule has 4 aromatic carbocycles. The minimum atomic E-state index is 0.0520. The summed E-state index contributed by atoms with van der Waals surface area (Å²) >= 11 is 0. The van der Waals surface area contributed by atoms with Crippen LogP contribution in [0.3, 0.4) is 0 Å². The minimum Gasteiger partial charge on any atom is -0.457 e. The van der Waals surface area contributed by atoms with Gasteiger partial charge < -0.3 is 20.9 Å². The average molecular weight is 409 g/mol. The molecule has 0 spiro atoms. The first-order valence-electron chi connectivity index (χ1n) is 10.0. The minimum absolute atomic E-state index is 0.0520. The van der Waals surface area contributed by atoms with Gasteiger partial charge in [0.2, 0.25) is 0 Å². The number of nitrogen functional groups attached to an aromatic ring is 2. The SMILES string of the molecule is C[C]C(c1ccc(Oc2ccc(N)cc2)cc1)c1ccc(Oc2ccc(N)cc2)cc1. The van der Waals surface area contributed by atoms with Crippen molar-refractivity contribution in [2.24, 2.45) is 0 Å². The molecule has 0 fully saturated rings. The molecule has 4 aromatic rings. The van der Waals surface area contributed by atoms with Crippen molar-refractivity contribution < 1.29 is 9.47 Å². The lowest BCUT2D eigenvalue weighted by atomic mass is 9.89. The third kappa shape index (κ3) is 5.17.